The van der Waals surface area contributed by atoms with E-state index >= 15 is 0 Å². The minimum atomic E-state index is -3.77. The molecule has 37 heavy (non-hydrogen) atoms. The first kappa shape index (κ1) is 26.8. The molecule has 0 unspecified atom stereocenters. The number of sulfonamides is 1. The van der Waals surface area contributed by atoms with Crippen molar-refractivity contribution in [3.8, 4) is 5.75 Å². The predicted octanol–water partition coefficient (Wildman–Crippen LogP) is 3.33. The van der Waals surface area contributed by atoms with E-state index in [-0.39, 0.29) is 43.2 Å². The van der Waals surface area contributed by atoms with Gasteiger partial charge in [-0.1, -0.05) is 17.4 Å². The lowest BCUT2D eigenvalue weighted by Crippen LogP contribution is -2.50. The summed E-state index contributed by atoms with van der Waals surface area (Å²) in [6, 6.07) is 11.6. The maximum absolute atomic E-state index is 13.1. The summed E-state index contributed by atoms with van der Waals surface area (Å²) in [6.45, 7) is 7.88. The van der Waals surface area contributed by atoms with Crippen LogP contribution >= 0.6 is 11.3 Å². The summed E-state index contributed by atoms with van der Waals surface area (Å²) in [4.78, 5) is 31.3. The molecule has 0 N–H and O–H groups in total. The number of carbonyl (C=O) groups is 2. The first-order chi connectivity index (χ1) is 17.8. The molecule has 1 saturated heterocycles. The monoisotopic (exact) mass is 546 g/mol. The van der Waals surface area contributed by atoms with E-state index in [1.165, 1.54) is 44.8 Å². The Morgan fingerprint density at radius 1 is 0.973 bits per heavy atom. The van der Waals surface area contributed by atoms with Crippen LogP contribution in [-0.2, 0) is 21.3 Å². The number of fused-ring (bicyclic) bond motifs is 1. The highest BCUT2D eigenvalue weighted by molar-refractivity contribution is 7.89. The number of hydrogen-bond acceptors (Lipinski definition) is 7. The summed E-state index contributed by atoms with van der Waals surface area (Å²) in [5.41, 5.74) is 1.18. The number of rotatable bonds is 7. The van der Waals surface area contributed by atoms with E-state index in [9.17, 15) is 18.0 Å². The largest absolute Gasteiger partial charge is 0.492 e. The Bertz CT molecular complexity index is 1450. The molecule has 0 spiro atoms. The summed E-state index contributed by atoms with van der Waals surface area (Å²) in [7, 11) is -3.77. The number of nitrogens with zero attached hydrogens (tertiary/aromatic N) is 4. The molecular formula is C25H30N4O6S2. The van der Waals surface area contributed by atoms with Crippen molar-refractivity contribution in [3.63, 3.8) is 0 Å². The molecular weight excluding hydrogens is 516 g/mol. The highest BCUT2D eigenvalue weighted by Crippen LogP contribution is 2.27. The maximum Gasteiger partial charge on any atom is 0.409 e. The molecule has 4 rings (SSSR count). The zero-order valence-electron chi connectivity index (χ0n) is 21.0. The molecule has 0 saturated carbocycles. The van der Waals surface area contributed by atoms with Crippen molar-refractivity contribution in [3.05, 3.63) is 52.8 Å². The molecule has 1 aromatic heterocycles. The molecule has 198 valence electrons. The fourth-order valence-corrected chi connectivity index (χ4v) is 6.68. The molecule has 0 aliphatic carbocycles. The van der Waals surface area contributed by atoms with Gasteiger partial charge in [-0.15, -0.1) is 0 Å². The number of hydrogen-bond donors (Lipinski definition) is 0. The smallest absolute Gasteiger partial charge is 0.409 e. The first-order valence-electron chi connectivity index (χ1n) is 12.2. The topological polar surface area (TPSA) is 111 Å². The Labute approximate surface area is 219 Å². The zero-order valence-corrected chi connectivity index (χ0v) is 22.7. The van der Waals surface area contributed by atoms with E-state index in [1.54, 1.807) is 6.92 Å². The van der Waals surface area contributed by atoms with Gasteiger partial charge < -0.3 is 18.9 Å². The number of para-hydroxylation sites is 1. The Morgan fingerprint density at radius 3 is 2.30 bits per heavy atom. The molecule has 1 aliphatic rings. The van der Waals surface area contributed by atoms with Crippen molar-refractivity contribution < 1.29 is 27.5 Å². The van der Waals surface area contributed by atoms with E-state index in [0.717, 1.165) is 16.0 Å². The lowest BCUT2D eigenvalue weighted by atomic mass is 10.2. The van der Waals surface area contributed by atoms with Gasteiger partial charge in [-0.25, -0.2) is 13.2 Å². The second kappa shape index (κ2) is 11.4. The Morgan fingerprint density at radius 2 is 1.68 bits per heavy atom. The summed E-state index contributed by atoms with van der Waals surface area (Å²) in [6.07, 6.45) is -0.441. The van der Waals surface area contributed by atoms with Gasteiger partial charge >= 0.3 is 6.09 Å². The van der Waals surface area contributed by atoms with Gasteiger partial charge in [0, 0.05) is 38.3 Å². The molecule has 0 bridgehead atoms. The molecule has 2 heterocycles. The highest BCUT2D eigenvalue weighted by Gasteiger charge is 2.30. The molecule has 1 aliphatic heterocycles. The lowest BCUT2D eigenvalue weighted by molar-refractivity contribution is 0.0933. The standard InChI is InChI=1S/C25H30N4O6S2/c1-4-29-22-20(34-5-2)8-7-9-21(22)36-24(29)26-23(30)18-10-12-19(13-11-18)37(32,33)28-16-14-27(15-17-28)25(31)35-6-3/h7-13H,4-6,14-17H2,1-3H3. The average molecular weight is 547 g/mol. The van der Waals surface area contributed by atoms with Crippen LogP contribution in [0.5, 0.6) is 5.75 Å². The van der Waals surface area contributed by atoms with Crippen LogP contribution in [0.25, 0.3) is 10.2 Å². The quantitative estimate of drug-likeness (QED) is 0.450. The van der Waals surface area contributed by atoms with E-state index in [4.69, 9.17) is 9.47 Å². The number of ether oxygens (including phenoxy) is 2. The van der Waals surface area contributed by atoms with Crippen molar-refractivity contribution in [1.82, 2.24) is 13.8 Å². The highest BCUT2D eigenvalue weighted by atomic mass is 32.2. The molecule has 2 amide bonds. The van der Waals surface area contributed by atoms with Gasteiger partial charge in [-0.3, -0.25) is 4.79 Å². The zero-order chi connectivity index (χ0) is 26.6. The van der Waals surface area contributed by atoms with E-state index in [0.29, 0.717) is 18.0 Å². The number of amides is 2. The third-order valence-electron chi connectivity index (χ3n) is 5.98. The molecule has 2 aromatic carbocycles. The van der Waals surface area contributed by atoms with E-state index in [1.807, 2.05) is 36.6 Å². The molecule has 0 atom stereocenters. The van der Waals surface area contributed by atoms with Crippen molar-refractivity contribution in [2.75, 3.05) is 39.4 Å². The predicted molar refractivity (Wildman–Crippen MR) is 140 cm³/mol. The average Bonchev–Trinajstić information content (AvgIpc) is 3.27. The van der Waals surface area contributed by atoms with Gasteiger partial charge in [0.15, 0.2) is 4.80 Å². The van der Waals surface area contributed by atoms with Crippen LogP contribution in [0, 0.1) is 0 Å². The second-order valence-corrected chi connectivity index (χ2v) is 11.1. The Hall–Kier alpha value is -3.22. The third-order valence-corrected chi connectivity index (χ3v) is 8.94. The molecule has 12 heteroatoms. The van der Waals surface area contributed by atoms with Crippen LogP contribution in [0.15, 0.2) is 52.4 Å². The fourth-order valence-electron chi connectivity index (χ4n) is 4.14. The van der Waals surface area contributed by atoms with Gasteiger partial charge in [0.05, 0.1) is 22.8 Å². The van der Waals surface area contributed by atoms with E-state index < -0.39 is 22.0 Å². The Balaban J connectivity index is 1.54. The summed E-state index contributed by atoms with van der Waals surface area (Å²) < 4.78 is 41.2. The van der Waals surface area contributed by atoms with Crippen LogP contribution in [0.4, 0.5) is 4.79 Å². The van der Waals surface area contributed by atoms with Crippen molar-refractivity contribution in [2.24, 2.45) is 4.99 Å². The maximum atomic E-state index is 13.1. The van der Waals surface area contributed by atoms with Gasteiger partial charge in [0.25, 0.3) is 5.91 Å². The second-order valence-electron chi connectivity index (χ2n) is 8.20. The minimum Gasteiger partial charge on any atom is -0.492 e. The number of aromatic nitrogens is 1. The molecule has 1 fully saturated rings. The SMILES string of the molecule is CCOC(=O)N1CCN(S(=O)(=O)c2ccc(C(=O)N=c3sc4cccc(OCC)c4n3CC)cc2)CC1. The van der Waals surface area contributed by atoms with Crippen molar-refractivity contribution >= 4 is 43.6 Å². The van der Waals surface area contributed by atoms with Crippen LogP contribution in [0.2, 0.25) is 0 Å². The summed E-state index contributed by atoms with van der Waals surface area (Å²) in [5, 5.41) is 0. The van der Waals surface area contributed by atoms with Crippen LogP contribution in [0.3, 0.4) is 0 Å². The van der Waals surface area contributed by atoms with Gasteiger partial charge in [-0.05, 0) is 57.2 Å². The Kier molecular flexibility index (Phi) is 8.30. The number of piperazine rings is 1. The van der Waals surface area contributed by atoms with Gasteiger partial charge in [0.2, 0.25) is 10.0 Å². The molecule has 0 radical (unpaired) electrons. The number of aryl methyl sites for hydroxylation is 1. The van der Waals surface area contributed by atoms with Gasteiger partial charge in [0.1, 0.15) is 11.3 Å². The van der Waals surface area contributed by atoms with E-state index in [2.05, 4.69) is 4.99 Å². The van der Waals surface area contributed by atoms with Crippen LogP contribution in [0.1, 0.15) is 31.1 Å². The summed E-state index contributed by atoms with van der Waals surface area (Å²) in [5.74, 6) is 0.281. The molecule has 10 nitrogen and oxygen atoms in total. The first-order valence-corrected chi connectivity index (χ1v) is 14.4. The lowest BCUT2D eigenvalue weighted by Gasteiger charge is -2.33. The van der Waals surface area contributed by atoms with Gasteiger partial charge in [-0.2, -0.15) is 9.30 Å². The van der Waals surface area contributed by atoms with Crippen molar-refractivity contribution in [2.45, 2.75) is 32.2 Å². The number of benzene rings is 2. The number of thiazole rings is 1. The number of carbonyl (C=O) groups excluding carboxylic acids is 2. The normalized spacial score (nSPS) is 15.2. The van der Waals surface area contributed by atoms with Crippen LogP contribution < -0.4 is 9.54 Å². The minimum absolute atomic E-state index is 0.0838. The van der Waals surface area contributed by atoms with Crippen LogP contribution in [-0.4, -0.2) is 73.6 Å². The molecule has 3 aromatic rings. The van der Waals surface area contributed by atoms with Crippen molar-refractivity contribution in [1.29, 1.82) is 0 Å². The fraction of sp³-hybridized carbons (Fsp3) is 0.400. The third kappa shape index (κ3) is 5.55. The summed E-state index contributed by atoms with van der Waals surface area (Å²) >= 11 is 1.40.